The lowest BCUT2D eigenvalue weighted by atomic mass is 10.0. The van der Waals surface area contributed by atoms with Gasteiger partial charge in [0.1, 0.15) is 13.1 Å². The van der Waals surface area contributed by atoms with Crippen LogP contribution < -0.4 is 10.6 Å². The summed E-state index contributed by atoms with van der Waals surface area (Å²) in [7, 11) is 1.14. The van der Waals surface area contributed by atoms with Crippen LogP contribution in [0.3, 0.4) is 0 Å². The molecule has 27 heavy (non-hydrogen) atoms. The number of alkyl halides is 3. The van der Waals surface area contributed by atoms with Crippen molar-refractivity contribution in [3.8, 4) is 0 Å². The van der Waals surface area contributed by atoms with Crippen molar-refractivity contribution >= 4 is 35.8 Å². The predicted octanol–water partition coefficient (Wildman–Crippen LogP) is 2.44. The number of halogens is 4. The van der Waals surface area contributed by atoms with Crippen molar-refractivity contribution in [3.05, 3.63) is 0 Å². The summed E-state index contributed by atoms with van der Waals surface area (Å²) < 4.78 is 37.0. The Kier molecular flexibility index (Phi) is 13.0. The zero-order valence-corrected chi connectivity index (χ0v) is 18.8. The molecule has 1 aliphatic heterocycles. The average Bonchev–Trinajstić information content (AvgIpc) is 2.57. The second-order valence-electron chi connectivity index (χ2n) is 6.67. The lowest BCUT2D eigenvalue weighted by molar-refractivity contribution is -0.157. The normalized spacial score (nSPS) is 16.6. The Labute approximate surface area is 177 Å². The third-order valence-electron chi connectivity index (χ3n) is 4.32. The molecular formula is C17H33F3IN5O. The number of hydrogen-bond acceptors (Lipinski definition) is 3. The summed E-state index contributed by atoms with van der Waals surface area (Å²) in [5.41, 5.74) is 0. The third kappa shape index (κ3) is 11.6. The van der Waals surface area contributed by atoms with E-state index in [4.69, 9.17) is 0 Å². The maximum atomic E-state index is 12.3. The summed E-state index contributed by atoms with van der Waals surface area (Å²) in [6.45, 7) is 6.29. The van der Waals surface area contributed by atoms with Crippen LogP contribution in [0.4, 0.5) is 13.2 Å². The van der Waals surface area contributed by atoms with Gasteiger partial charge in [0.2, 0.25) is 5.91 Å². The van der Waals surface area contributed by atoms with E-state index >= 15 is 0 Å². The molecule has 0 spiro atoms. The molecule has 6 nitrogen and oxygen atoms in total. The molecule has 0 aliphatic carbocycles. The Morgan fingerprint density at radius 1 is 1.26 bits per heavy atom. The van der Waals surface area contributed by atoms with Crippen LogP contribution in [0, 0.1) is 0 Å². The number of guanidine groups is 1. The number of unbranched alkanes of at least 4 members (excludes halogenated alkanes) is 1. The van der Waals surface area contributed by atoms with Gasteiger partial charge in [0.05, 0.1) is 0 Å². The summed E-state index contributed by atoms with van der Waals surface area (Å²) in [5, 5.41) is 6.35. The van der Waals surface area contributed by atoms with Gasteiger partial charge in [-0.05, 0) is 32.7 Å². The molecule has 0 radical (unpaired) electrons. The number of nitrogens with one attached hydrogen (secondary N) is 2. The largest absolute Gasteiger partial charge is 0.406 e. The van der Waals surface area contributed by atoms with E-state index < -0.39 is 18.6 Å². The van der Waals surface area contributed by atoms with Crippen molar-refractivity contribution in [3.63, 3.8) is 0 Å². The SMILES string of the molecule is CCCCN1CCC(NC(=NCC(=O)N(C)CC(F)(F)F)NCC)CC1.I. The molecule has 0 aromatic rings. The molecule has 1 saturated heterocycles. The van der Waals surface area contributed by atoms with E-state index in [0.29, 0.717) is 17.4 Å². The topological polar surface area (TPSA) is 60.0 Å². The monoisotopic (exact) mass is 507 g/mol. The van der Waals surface area contributed by atoms with Crippen molar-refractivity contribution in [2.24, 2.45) is 4.99 Å². The van der Waals surface area contributed by atoms with Gasteiger partial charge in [0.15, 0.2) is 5.96 Å². The van der Waals surface area contributed by atoms with E-state index in [0.717, 1.165) is 39.5 Å². The lowest BCUT2D eigenvalue weighted by Crippen LogP contribution is -2.49. The fourth-order valence-electron chi connectivity index (χ4n) is 2.82. The molecule has 1 rings (SSSR count). The van der Waals surface area contributed by atoms with Crippen molar-refractivity contribution in [1.29, 1.82) is 0 Å². The van der Waals surface area contributed by atoms with Crippen molar-refractivity contribution in [2.45, 2.75) is 51.7 Å². The first-order chi connectivity index (χ1) is 12.2. The molecule has 1 amide bonds. The van der Waals surface area contributed by atoms with E-state index in [-0.39, 0.29) is 36.6 Å². The van der Waals surface area contributed by atoms with E-state index in [2.05, 4.69) is 27.4 Å². The fraction of sp³-hybridized carbons (Fsp3) is 0.882. The molecule has 160 valence electrons. The second-order valence-corrected chi connectivity index (χ2v) is 6.67. The smallest absolute Gasteiger partial charge is 0.357 e. The minimum Gasteiger partial charge on any atom is -0.357 e. The van der Waals surface area contributed by atoms with Gasteiger partial charge < -0.3 is 20.4 Å². The van der Waals surface area contributed by atoms with E-state index in [1.54, 1.807) is 0 Å². The summed E-state index contributed by atoms with van der Waals surface area (Å²) in [5.74, 6) is -0.179. The fourth-order valence-corrected chi connectivity index (χ4v) is 2.82. The van der Waals surface area contributed by atoms with Crippen LogP contribution in [-0.4, -0.2) is 80.2 Å². The first kappa shape index (κ1) is 26.2. The predicted molar refractivity (Wildman–Crippen MR) is 113 cm³/mol. The highest BCUT2D eigenvalue weighted by Crippen LogP contribution is 2.15. The van der Waals surface area contributed by atoms with Gasteiger partial charge in [0, 0.05) is 32.7 Å². The van der Waals surface area contributed by atoms with Gasteiger partial charge in [0.25, 0.3) is 0 Å². The van der Waals surface area contributed by atoms with Gasteiger partial charge >= 0.3 is 6.18 Å². The van der Waals surface area contributed by atoms with Crippen molar-refractivity contribution in [2.75, 3.05) is 46.3 Å². The molecule has 0 aromatic carbocycles. The Bertz CT molecular complexity index is 454. The van der Waals surface area contributed by atoms with Gasteiger partial charge in [-0.15, -0.1) is 24.0 Å². The minimum atomic E-state index is -4.40. The maximum absolute atomic E-state index is 12.3. The number of amides is 1. The summed E-state index contributed by atoms with van der Waals surface area (Å²) in [4.78, 5) is 19.1. The van der Waals surface area contributed by atoms with Gasteiger partial charge in [-0.3, -0.25) is 4.79 Å². The molecule has 0 saturated carbocycles. The van der Waals surface area contributed by atoms with Crippen molar-refractivity contribution < 1.29 is 18.0 Å². The molecular weight excluding hydrogens is 474 g/mol. The number of aliphatic imine (C=N–C) groups is 1. The van der Waals surface area contributed by atoms with E-state index in [9.17, 15) is 18.0 Å². The van der Waals surface area contributed by atoms with Crippen LogP contribution in [0.1, 0.15) is 39.5 Å². The number of likely N-dealkylation sites (N-methyl/N-ethyl adjacent to an activating group) is 1. The molecule has 0 bridgehead atoms. The Morgan fingerprint density at radius 3 is 2.41 bits per heavy atom. The number of piperidine rings is 1. The number of likely N-dealkylation sites (tertiary alicyclic amines) is 1. The molecule has 2 N–H and O–H groups in total. The molecule has 1 fully saturated rings. The van der Waals surface area contributed by atoms with Crippen LogP contribution in [0.25, 0.3) is 0 Å². The number of carbonyl (C=O) groups excluding carboxylic acids is 1. The Morgan fingerprint density at radius 2 is 1.89 bits per heavy atom. The summed E-state index contributed by atoms with van der Waals surface area (Å²) in [6.07, 6.45) is -0.0450. The van der Waals surface area contributed by atoms with E-state index in [1.807, 2.05) is 6.92 Å². The number of hydrogen-bond donors (Lipinski definition) is 2. The summed E-state index contributed by atoms with van der Waals surface area (Å²) in [6, 6.07) is 0.258. The highest BCUT2D eigenvalue weighted by molar-refractivity contribution is 14.0. The molecule has 0 atom stereocenters. The molecule has 1 heterocycles. The van der Waals surface area contributed by atoms with Crippen molar-refractivity contribution in [1.82, 2.24) is 20.4 Å². The highest BCUT2D eigenvalue weighted by Gasteiger charge is 2.31. The van der Waals surface area contributed by atoms with Gasteiger partial charge in [-0.2, -0.15) is 13.2 Å². The van der Waals surface area contributed by atoms with E-state index in [1.165, 1.54) is 12.8 Å². The quantitative estimate of drug-likeness (QED) is 0.301. The van der Waals surface area contributed by atoms with Crippen LogP contribution in [0.5, 0.6) is 0 Å². The Hall–Kier alpha value is -0.780. The number of nitrogens with zero attached hydrogens (tertiary/aromatic N) is 3. The number of carbonyl (C=O) groups is 1. The first-order valence-electron chi connectivity index (χ1n) is 9.33. The first-order valence-corrected chi connectivity index (χ1v) is 9.33. The average molecular weight is 507 g/mol. The van der Waals surface area contributed by atoms with Crippen LogP contribution in [-0.2, 0) is 4.79 Å². The lowest BCUT2D eigenvalue weighted by Gasteiger charge is -2.33. The third-order valence-corrected chi connectivity index (χ3v) is 4.32. The zero-order valence-electron chi connectivity index (χ0n) is 16.4. The second kappa shape index (κ2) is 13.4. The highest BCUT2D eigenvalue weighted by atomic mass is 127. The van der Waals surface area contributed by atoms with Crippen LogP contribution in [0.2, 0.25) is 0 Å². The molecule has 1 aliphatic rings. The Balaban J connectivity index is 0.00000676. The summed E-state index contributed by atoms with van der Waals surface area (Å²) >= 11 is 0. The van der Waals surface area contributed by atoms with Crippen LogP contribution in [0.15, 0.2) is 4.99 Å². The number of rotatable bonds is 8. The molecule has 10 heteroatoms. The maximum Gasteiger partial charge on any atom is 0.406 e. The van der Waals surface area contributed by atoms with Crippen LogP contribution >= 0.6 is 24.0 Å². The van der Waals surface area contributed by atoms with Gasteiger partial charge in [-0.25, -0.2) is 4.99 Å². The minimum absolute atomic E-state index is 0. The molecule has 0 unspecified atom stereocenters. The standard InChI is InChI=1S/C17H32F3N5O.HI/c1-4-6-9-25-10-7-14(8-11-25)23-16(21-5-2)22-12-15(26)24(3)13-17(18,19)20;/h14H,4-13H2,1-3H3,(H2,21,22,23);1H. The zero-order chi connectivity index (χ0) is 19.6. The van der Waals surface area contributed by atoms with Gasteiger partial charge in [-0.1, -0.05) is 13.3 Å². The molecule has 0 aromatic heterocycles.